The van der Waals surface area contributed by atoms with Crippen molar-refractivity contribution in [2.24, 2.45) is 5.14 Å². The minimum Gasteiger partial charge on any atom is -0.368 e. The highest BCUT2D eigenvalue weighted by atomic mass is 32.2. The van der Waals surface area contributed by atoms with E-state index in [1.807, 2.05) is 4.90 Å². The second-order valence-corrected chi connectivity index (χ2v) is 8.44. The number of nitrogens with zero attached hydrogens (tertiary/aromatic N) is 2. The fraction of sp³-hybridized carbons (Fsp3) is 0.316. The maximum absolute atomic E-state index is 14.6. The summed E-state index contributed by atoms with van der Waals surface area (Å²) in [5, 5.41) is 4.97. The Labute approximate surface area is 170 Å². The van der Waals surface area contributed by atoms with Gasteiger partial charge >= 0.3 is 0 Å². The molecule has 0 aliphatic carbocycles. The van der Waals surface area contributed by atoms with Crippen molar-refractivity contribution in [2.75, 3.05) is 31.1 Å². The molecule has 1 aliphatic heterocycles. The van der Waals surface area contributed by atoms with Crippen LogP contribution in [0.4, 0.5) is 23.2 Å². The summed E-state index contributed by atoms with van der Waals surface area (Å²) in [6.07, 6.45) is -2.57. The van der Waals surface area contributed by atoms with Crippen molar-refractivity contribution in [1.82, 2.24) is 4.90 Å². The third kappa shape index (κ3) is 4.26. The van der Waals surface area contributed by atoms with Gasteiger partial charge in [0.2, 0.25) is 10.0 Å². The molecule has 30 heavy (non-hydrogen) atoms. The van der Waals surface area contributed by atoms with Crippen molar-refractivity contribution < 1.29 is 30.8 Å². The average Bonchev–Trinajstić information content (AvgIpc) is 2.70. The minimum atomic E-state index is -4.49. The van der Waals surface area contributed by atoms with E-state index in [4.69, 9.17) is 5.14 Å². The van der Waals surface area contributed by atoms with Gasteiger partial charge in [0.15, 0.2) is 5.82 Å². The number of halogens is 4. The number of benzene rings is 2. The topological polar surface area (TPSA) is 83.7 Å². The number of piperazine rings is 1. The van der Waals surface area contributed by atoms with Gasteiger partial charge in [0.05, 0.1) is 0 Å². The van der Waals surface area contributed by atoms with Crippen molar-refractivity contribution in [3.63, 3.8) is 0 Å². The first-order chi connectivity index (χ1) is 14.0. The van der Waals surface area contributed by atoms with Crippen LogP contribution in [0.1, 0.15) is 27.9 Å². The molecule has 0 saturated carbocycles. The number of rotatable bonds is 4. The number of anilines is 1. The maximum Gasteiger partial charge on any atom is 0.263 e. The average molecular weight is 445 g/mol. The number of alkyl halides is 2. The first kappa shape index (κ1) is 22.0. The van der Waals surface area contributed by atoms with Crippen molar-refractivity contribution in [3.8, 4) is 0 Å². The lowest BCUT2D eigenvalue weighted by Gasteiger charge is -2.36. The second-order valence-electron chi connectivity index (χ2n) is 6.91. The lowest BCUT2D eigenvalue weighted by Crippen LogP contribution is -2.49. The summed E-state index contributed by atoms with van der Waals surface area (Å²) in [4.78, 5) is 14.9. The van der Waals surface area contributed by atoms with Crippen LogP contribution in [-0.2, 0) is 10.0 Å². The Hall–Kier alpha value is -2.66. The molecule has 2 aromatic carbocycles. The van der Waals surface area contributed by atoms with Gasteiger partial charge in [-0.05, 0) is 30.7 Å². The van der Waals surface area contributed by atoms with E-state index < -0.39 is 44.4 Å². The Bertz CT molecular complexity index is 1070. The van der Waals surface area contributed by atoms with Crippen molar-refractivity contribution in [3.05, 3.63) is 58.7 Å². The summed E-state index contributed by atoms with van der Waals surface area (Å²) >= 11 is 0. The molecule has 2 N–H and O–H groups in total. The van der Waals surface area contributed by atoms with Gasteiger partial charge in [-0.1, -0.05) is 12.1 Å². The van der Waals surface area contributed by atoms with E-state index in [9.17, 15) is 30.8 Å². The van der Waals surface area contributed by atoms with Crippen molar-refractivity contribution in [1.29, 1.82) is 0 Å². The summed E-state index contributed by atoms with van der Waals surface area (Å²) in [7, 11) is -4.49. The number of carbonyl (C=O) groups excluding carboxylic acids is 1. The predicted molar refractivity (Wildman–Crippen MR) is 102 cm³/mol. The number of primary sulfonamides is 1. The van der Waals surface area contributed by atoms with E-state index in [0.717, 1.165) is 6.07 Å². The Kier molecular flexibility index (Phi) is 6.04. The summed E-state index contributed by atoms with van der Waals surface area (Å²) in [5.74, 6) is -3.64. The molecule has 1 heterocycles. The van der Waals surface area contributed by atoms with Crippen LogP contribution in [0.5, 0.6) is 0 Å². The van der Waals surface area contributed by atoms with Gasteiger partial charge in [-0.25, -0.2) is 31.1 Å². The first-order valence-corrected chi connectivity index (χ1v) is 10.5. The highest BCUT2D eigenvalue weighted by Gasteiger charge is 2.31. The number of amides is 1. The Morgan fingerprint density at radius 3 is 2.10 bits per heavy atom. The molecule has 1 aliphatic rings. The summed E-state index contributed by atoms with van der Waals surface area (Å²) in [6, 6.07) is 6.44. The molecule has 6 nitrogen and oxygen atoms in total. The van der Waals surface area contributed by atoms with Gasteiger partial charge in [-0.15, -0.1) is 0 Å². The van der Waals surface area contributed by atoms with Crippen LogP contribution in [0, 0.1) is 18.6 Å². The molecule has 3 rings (SSSR count). The fourth-order valence-corrected chi connectivity index (χ4v) is 3.98. The molecule has 1 fully saturated rings. The highest BCUT2D eigenvalue weighted by molar-refractivity contribution is 7.89. The third-order valence-corrected chi connectivity index (χ3v) is 5.86. The molecular weight excluding hydrogens is 426 g/mol. The van der Waals surface area contributed by atoms with Gasteiger partial charge in [0.25, 0.3) is 12.3 Å². The summed E-state index contributed by atoms with van der Waals surface area (Å²) in [5.41, 5.74) is -0.616. The van der Waals surface area contributed by atoms with E-state index in [2.05, 4.69) is 0 Å². The number of hydrogen-bond acceptors (Lipinski definition) is 4. The summed E-state index contributed by atoms with van der Waals surface area (Å²) in [6.45, 7) is 2.02. The van der Waals surface area contributed by atoms with E-state index in [0.29, 0.717) is 18.8 Å². The van der Waals surface area contributed by atoms with E-state index >= 15 is 0 Å². The van der Waals surface area contributed by atoms with E-state index in [1.165, 1.54) is 36.1 Å². The molecule has 0 atom stereocenters. The predicted octanol–water partition coefficient (Wildman–Crippen LogP) is 2.82. The molecule has 11 heteroatoms. The molecule has 0 aromatic heterocycles. The van der Waals surface area contributed by atoms with E-state index in [1.54, 1.807) is 0 Å². The van der Waals surface area contributed by atoms with Crippen LogP contribution in [0.15, 0.2) is 35.2 Å². The molecule has 162 valence electrons. The van der Waals surface area contributed by atoms with Crippen LogP contribution in [0.2, 0.25) is 0 Å². The molecular formula is C19H19F4N3O3S. The zero-order valence-corrected chi connectivity index (χ0v) is 16.7. The molecule has 2 aromatic rings. The number of carbonyl (C=O) groups is 1. The fourth-order valence-electron chi connectivity index (χ4n) is 3.29. The third-order valence-electron chi connectivity index (χ3n) is 4.95. The molecule has 1 amide bonds. The number of aryl methyl sites for hydroxylation is 1. The van der Waals surface area contributed by atoms with Gasteiger partial charge in [-0.2, -0.15) is 0 Å². The number of sulfonamides is 1. The quantitative estimate of drug-likeness (QED) is 0.734. The largest absolute Gasteiger partial charge is 0.368 e. The Morgan fingerprint density at radius 2 is 1.60 bits per heavy atom. The minimum absolute atomic E-state index is 0.104. The standard InChI is InChI=1S/C19H19F4N3O3S/c1-11-10-14(30(24,28)29)17(21)15(16(11)20)19(27)26-8-6-25(7-9-26)13-4-2-12(3-5-13)18(22)23/h2-5,10,18H,6-9H2,1H3,(H2,24,28,29). The molecule has 0 radical (unpaired) electrons. The lowest BCUT2D eigenvalue weighted by molar-refractivity contribution is 0.0736. The van der Waals surface area contributed by atoms with Crippen LogP contribution in [0.3, 0.4) is 0 Å². The maximum atomic E-state index is 14.6. The number of nitrogens with two attached hydrogens (primary N) is 1. The number of hydrogen-bond donors (Lipinski definition) is 1. The highest BCUT2D eigenvalue weighted by Crippen LogP contribution is 2.27. The molecule has 1 saturated heterocycles. The normalized spacial score (nSPS) is 15.0. The van der Waals surface area contributed by atoms with Gasteiger partial charge in [-0.3, -0.25) is 4.79 Å². The van der Waals surface area contributed by atoms with Crippen molar-refractivity contribution >= 4 is 21.6 Å². The van der Waals surface area contributed by atoms with E-state index in [-0.39, 0.29) is 24.2 Å². The lowest BCUT2D eigenvalue weighted by atomic mass is 10.1. The van der Waals surface area contributed by atoms with Crippen LogP contribution >= 0.6 is 0 Å². The van der Waals surface area contributed by atoms with Crippen LogP contribution < -0.4 is 10.0 Å². The Balaban J connectivity index is 1.80. The van der Waals surface area contributed by atoms with Crippen LogP contribution in [-0.4, -0.2) is 45.4 Å². The van der Waals surface area contributed by atoms with Crippen molar-refractivity contribution in [2.45, 2.75) is 18.2 Å². The first-order valence-electron chi connectivity index (χ1n) is 8.94. The zero-order chi connectivity index (χ0) is 22.2. The Morgan fingerprint density at radius 1 is 1.03 bits per heavy atom. The van der Waals surface area contributed by atoms with Gasteiger partial charge in [0.1, 0.15) is 16.3 Å². The molecule has 0 bridgehead atoms. The van der Waals surface area contributed by atoms with Gasteiger partial charge < -0.3 is 9.80 Å². The molecule has 0 unspecified atom stereocenters. The van der Waals surface area contributed by atoms with Crippen LogP contribution in [0.25, 0.3) is 0 Å². The van der Waals surface area contributed by atoms with Gasteiger partial charge in [0, 0.05) is 37.4 Å². The summed E-state index contributed by atoms with van der Waals surface area (Å²) < 4.78 is 77.6. The molecule has 0 spiro atoms. The SMILES string of the molecule is Cc1cc(S(N)(=O)=O)c(F)c(C(=O)N2CCN(c3ccc(C(F)F)cc3)CC2)c1F. The second kappa shape index (κ2) is 8.23. The smallest absolute Gasteiger partial charge is 0.263 e. The monoisotopic (exact) mass is 445 g/mol. The zero-order valence-electron chi connectivity index (χ0n) is 15.9.